The van der Waals surface area contributed by atoms with Gasteiger partial charge in [-0.15, -0.1) is 0 Å². The summed E-state index contributed by atoms with van der Waals surface area (Å²) in [6, 6.07) is 0. The van der Waals surface area contributed by atoms with E-state index >= 15 is 0 Å². The summed E-state index contributed by atoms with van der Waals surface area (Å²) in [5.41, 5.74) is 1.46. The molecule has 42 heavy (non-hydrogen) atoms. The minimum absolute atomic E-state index is 0.0573. The quantitative estimate of drug-likeness (QED) is 0.231. The standard InChI is InChI=1S/C29H41ClN5O6P/c1-16(36)39-21-19(7-8-42(5,6)38)41-25(22(21)40-17(2)37)35-15-31-20-23(32-26(30)33-24(20)35)34-29-11-18-9-27(3,13-29)12-28(4,10-18)14-29/h15,18-19,21-22,25H,7-14H2,1-6H3,(H,32,33,34)/t18-,19-,21?,22+,25-,27+,28-,29-/m1/s1. The Morgan fingerprint density at radius 1 is 1.07 bits per heavy atom. The highest BCUT2D eigenvalue weighted by Gasteiger charge is 2.60. The number of imidazole rings is 1. The van der Waals surface area contributed by atoms with Crippen LogP contribution in [0.1, 0.15) is 78.9 Å². The zero-order chi connectivity index (χ0) is 30.2. The fraction of sp³-hybridized carbons (Fsp3) is 0.759. The molecule has 1 saturated heterocycles. The van der Waals surface area contributed by atoms with Crippen LogP contribution in [0.15, 0.2) is 6.33 Å². The van der Waals surface area contributed by atoms with Gasteiger partial charge in [0.2, 0.25) is 5.28 Å². The van der Waals surface area contributed by atoms with Crippen molar-refractivity contribution >= 4 is 47.7 Å². The number of hydrogen-bond donors (Lipinski definition) is 1. The highest BCUT2D eigenvalue weighted by Crippen LogP contribution is 2.67. The van der Waals surface area contributed by atoms with Crippen LogP contribution >= 0.6 is 18.7 Å². The molecule has 4 bridgehead atoms. The molecule has 8 atom stereocenters. The van der Waals surface area contributed by atoms with Crippen LogP contribution in [0.4, 0.5) is 5.82 Å². The van der Waals surface area contributed by atoms with Crippen LogP contribution in [0.3, 0.4) is 0 Å². The fourth-order valence-corrected chi connectivity index (χ4v) is 10.3. The molecule has 11 nitrogen and oxygen atoms in total. The Morgan fingerprint density at radius 2 is 1.71 bits per heavy atom. The van der Waals surface area contributed by atoms with Crippen molar-refractivity contribution in [2.24, 2.45) is 16.7 Å². The van der Waals surface area contributed by atoms with Crippen molar-refractivity contribution in [3.63, 3.8) is 0 Å². The van der Waals surface area contributed by atoms with E-state index in [9.17, 15) is 14.2 Å². The maximum Gasteiger partial charge on any atom is 0.303 e. The summed E-state index contributed by atoms with van der Waals surface area (Å²) >= 11 is 6.52. The van der Waals surface area contributed by atoms with Gasteiger partial charge in [-0.1, -0.05) is 13.8 Å². The Morgan fingerprint density at radius 3 is 2.31 bits per heavy atom. The van der Waals surface area contributed by atoms with Crippen LogP contribution in [0, 0.1) is 16.7 Å². The van der Waals surface area contributed by atoms with Gasteiger partial charge in [-0.05, 0) is 86.6 Å². The highest BCUT2D eigenvalue weighted by atomic mass is 35.5. The molecule has 5 aliphatic rings. The minimum Gasteiger partial charge on any atom is -0.456 e. The third-order valence-electron chi connectivity index (χ3n) is 9.52. The van der Waals surface area contributed by atoms with Gasteiger partial charge >= 0.3 is 11.9 Å². The van der Waals surface area contributed by atoms with Gasteiger partial charge in [0.25, 0.3) is 0 Å². The molecule has 2 aromatic rings. The van der Waals surface area contributed by atoms with Crippen LogP contribution in [0.25, 0.3) is 11.2 Å². The van der Waals surface area contributed by atoms with Crippen molar-refractivity contribution in [3.8, 4) is 0 Å². The summed E-state index contributed by atoms with van der Waals surface area (Å²) in [5.74, 6) is 0.173. The average Bonchev–Trinajstić information content (AvgIpc) is 3.35. The van der Waals surface area contributed by atoms with Crippen LogP contribution in [-0.4, -0.2) is 74.8 Å². The van der Waals surface area contributed by atoms with E-state index in [4.69, 9.17) is 30.8 Å². The number of aromatic nitrogens is 4. The van der Waals surface area contributed by atoms with Gasteiger partial charge in [-0.2, -0.15) is 9.97 Å². The Hall–Kier alpha value is -2.23. The predicted octanol–water partition coefficient (Wildman–Crippen LogP) is 5.41. The smallest absolute Gasteiger partial charge is 0.303 e. The lowest BCUT2D eigenvalue weighted by atomic mass is 9.43. The molecule has 0 aromatic carbocycles. The fourth-order valence-electron chi connectivity index (χ4n) is 9.26. The average molecular weight is 622 g/mol. The monoisotopic (exact) mass is 621 g/mol. The first-order valence-electron chi connectivity index (χ1n) is 14.8. The Kier molecular flexibility index (Phi) is 7.22. The Labute approximate surface area is 251 Å². The molecular formula is C29H41ClN5O6P. The van der Waals surface area contributed by atoms with Gasteiger partial charge in [0.05, 0.1) is 13.5 Å². The number of carbonyl (C=O) groups excluding carboxylic acids is 2. The molecule has 1 aliphatic heterocycles. The molecule has 0 amide bonds. The third-order valence-corrected chi connectivity index (χ3v) is 11.0. The number of esters is 2. The normalized spacial score (nSPS) is 37.3. The number of hydrogen-bond acceptors (Lipinski definition) is 10. The number of ether oxygens (including phenoxy) is 3. The number of rotatable bonds is 8. The van der Waals surface area contributed by atoms with Crippen LogP contribution in [-0.2, 0) is 28.4 Å². The van der Waals surface area contributed by atoms with E-state index in [1.807, 2.05) is 0 Å². The minimum atomic E-state index is -2.39. The zero-order valence-electron chi connectivity index (χ0n) is 25.2. The largest absolute Gasteiger partial charge is 0.456 e. The lowest BCUT2D eigenvalue weighted by Gasteiger charge is -2.65. The van der Waals surface area contributed by atoms with E-state index in [0.29, 0.717) is 46.3 Å². The van der Waals surface area contributed by atoms with Crippen molar-refractivity contribution in [1.82, 2.24) is 19.5 Å². The molecule has 3 heterocycles. The molecule has 1 N–H and O–H groups in total. The van der Waals surface area contributed by atoms with E-state index in [-0.39, 0.29) is 10.8 Å². The molecule has 1 unspecified atom stereocenters. The Bertz CT molecular complexity index is 1460. The Balaban J connectivity index is 1.36. The summed E-state index contributed by atoms with van der Waals surface area (Å²) in [5, 5.41) is 3.87. The number of anilines is 1. The molecule has 0 radical (unpaired) electrons. The molecule has 5 fully saturated rings. The first kappa shape index (κ1) is 29.8. The van der Waals surface area contributed by atoms with Crippen LogP contribution in [0.5, 0.6) is 0 Å². The molecule has 7 rings (SSSR count). The van der Waals surface area contributed by atoms with E-state index in [1.54, 1.807) is 24.2 Å². The molecule has 230 valence electrons. The maximum atomic E-state index is 12.5. The molecule has 13 heteroatoms. The summed E-state index contributed by atoms with van der Waals surface area (Å²) < 4.78 is 31.9. The summed E-state index contributed by atoms with van der Waals surface area (Å²) in [4.78, 5) is 38.1. The van der Waals surface area contributed by atoms with Crippen molar-refractivity contribution in [2.45, 2.75) is 103 Å². The van der Waals surface area contributed by atoms with Crippen molar-refractivity contribution in [2.75, 3.05) is 24.8 Å². The van der Waals surface area contributed by atoms with Gasteiger partial charge in [-0.25, -0.2) is 4.98 Å². The zero-order valence-corrected chi connectivity index (χ0v) is 26.8. The summed E-state index contributed by atoms with van der Waals surface area (Å²) in [6.07, 6.45) is 5.89. The van der Waals surface area contributed by atoms with Gasteiger partial charge in [0, 0.05) is 25.5 Å². The molecular weight excluding hydrogens is 581 g/mol. The first-order valence-corrected chi connectivity index (χ1v) is 17.9. The topological polar surface area (TPSA) is 135 Å². The lowest BCUT2D eigenvalue weighted by molar-refractivity contribution is -0.165. The number of fused-ring (bicyclic) bond motifs is 1. The predicted molar refractivity (Wildman–Crippen MR) is 158 cm³/mol. The number of halogens is 1. The molecule has 0 spiro atoms. The van der Waals surface area contributed by atoms with E-state index in [2.05, 4.69) is 29.1 Å². The van der Waals surface area contributed by atoms with Crippen LogP contribution in [0.2, 0.25) is 5.28 Å². The lowest BCUT2D eigenvalue weighted by Crippen LogP contribution is -2.61. The molecule has 4 aliphatic carbocycles. The van der Waals surface area contributed by atoms with E-state index < -0.39 is 43.6 Å². The van der Waals surface area contributed by atoms with Gasteiger partial charge < -0.3 is 24.1 Å². The number of nitrogens with one attached hydrogen (secondary N) is 1. The summed E-state index contributed by atoms with van der Waals surface area (Å²) in [6.45, 7) is 10.8. The van der Waals surface area contributed by atoms with Gasteiger partial charge in [-0.3, -0.25) is 14.2 Å². The molecule has 2 aromatic heterocycles. The third kappa shape index (κ3) is 5.69. The van der Waals surface area contributed by atoms with Crippen LogP contribution < -0.4 is 5.32 Å². The highest BCUT2D eigenvalue weighted by molar-refractivity contribution is 7.62. The van der Waals surface area contributed by atoms with Crippen molar-refractivity contribution in [3.05, 3.63) is 11.6 Å². The number of carbonyl (C=O) groups is 2. The maximum absolute atomic E-state index is 12.5. The second kappa shape index (κ2) is 10.2. The second-order valence-electron chi connectivity index (χ2n) is 14.5. The van der Waals surface area contributed by atoms with E-state index in [0.717, 1.165) is 19.3 Å². The first-order chi connectivity index (χ1) is 19.5. The second-order valence-corrected chi connectivity index (χ2v) is 18.4. The van der Waals surface area contributed by atoms with Gasteiger partial charge in [0.1, 0.15) is 6.10 Å². The summed E-state index contributed by atoms with van der Waals surface area (Å²) in [7, 11) is -2.39. The number of nitrogens with zero attached hydrogens (tertiary/aromatic N) is 4. The van der Waals surface area contributed by atoms with Crippen molar-refractivity contribution in [1.29, 1.82) is 0 Å². The van der Waals surface area contributed by atoms with E-state index in [1.165, 1.54) is 33.1 Å². The molecule has 4 saturated carbocycles. The van der Waals surface area contributed by atoms with Gasteiger partial charge in [0.15, 0.2) is 35.4 Å². The SMILES string of the molecule is CC(=O)OC1[C@@H](CCP(C)(C)=O)O[C@@H](n2cnc3c(N[C@@]45C[C@@H]6C[C@@](C)(C[C@@](C)(C6)C4)C5)nc(Cl)nc32)[C@H]1OC(C)=O. The van der Waals surface area contributed by atoms with Crippen molar-refractivity contribution < 1.29 is 28.4 Å².